The first-order valence-corrected chi connectivity index (χ1v) is 9.82. The number of benzene rings is 1. The SMILES string of the molecule is CON=c1nc[nH]c2c1ccn2[C@@H]1O[C@H]([C@](C)(O)c2ccc(Cl)c(Cl)c2)[C@@H](O)[C@H]1O. The Morgan fingerprint density at radius 2 is 2.00 bits per heavy atom. The Labute approximate surface area is 181 Å². The van der Waals surface area contributed by atoms with Crippen LogP contribution >= 0.6 is 23.2 Å². The van der Waals surface area contributed by atoms with E-state index in [2.05, 4.69) is 15.1 Å². The van der Waals surface area contributed by atoms with Crippen molar-refractivity contribution in [2.45, 2.75) is 37.1 Å². The number of aromatic amines is 1. The van der Waals surface area contributed by atoms with E-state index in [1.807, 2.05) is 0 Å². The minimum absolute atomic E-state index is 0.256. The summed E-state index contributed by atoms with van der Waals surface area (Å²) in [4.78, 5) is 11.9. The monoisotopic (exact) mass is 454 g/mol. The summed E-state index contributed by atoms with van der Waals surface area (Å²) in [7, 11) is 1.41. The second-order valence-corrected chi connectivity index (χ2v) is 8.00. The summed E-state index contributed by atoms with van der Waals surface area (Å²) in [6.07, 6.45) is -1.72. The molecule has 0 unspecified atom stereocenters. The molecule has 30 heavy (non-hydrogen) atoms. The molecule has 0 amide bonds. The number of nitrogens with one attached hydrogen (secondary N) is 1. The van der Waals surface area contributed by atoms with E-state index in [4.69, 9.17) is 32.8 Å². The Bertz CT molecular complexity index is 1150. The molecular weight excluding hydrogens is 435 g/mol. The molecule has 0 bridgehead atoms. The van der Waals surface area contributed by atoms with E-state index in [-0.39, 0.29) is 5.02 Å². The minimum Gasteiger partial charge on any atom is -0.397 e. The van der Waals surface area contributed by atoms with Gasteiger partial charge < -0.3 is 34.4 Å². The van der Waals surface area contributed by atoms with Gasteiger partial charge in [-0.25, -0.2) is 4.98 Å². The van der Waals surface area contributed by atoms with E-state index in [0.29, 0.717) is 27.1 Å². The number of halogens is 2. The van der Waals surface area contributed by atoms with Crippen LogP contribution in [0.25, 0.3) is 11.0 Å². The van der Waals surface area contributed by atoms with E-state index in [1.165, 1.54) is 26.4 Å². The van der Waals surface area contributed by atoms with Crippen LogP contribution in [0.1, 0.15) is 18.7 Å². The number of aromatic nitrogens is 3. The van der Waals surface area contributed by atoms with Crippen molar-refractivity contribution in [2.75, 3.05) is 7.11 Å². The van der Waals surface area contributed by atoms with Crippen LogP contribution in [0.4, 0.5) is 0 Å². The molecule has 0 spiro atoms. The van der Waals surface area contributed by atoms with Crippen LogP contribution < -0.4 is 5.49 Å². The topological polar surface area (TPSA) is 125 Å². The number of aliphatic hydroxyl groups is 3. The summed E-state index contributed by atoms with van der Waals surface area (Å²) in [6.45, 7) is 1.48. The molecule has 9 nitrogen and oxygen atoms in total. The Balaban J connectivity index is 1.72. The van der Waals surface area contributed by atoms with Crippen LogP contribution in [0.15, 0.2) is 41.9 Å². The molecule has 1 aromatic carbocycles. The van der Waals surface area contributed by atoms with Crippen molar-refractivity contribution in [3.8, 4) is 0 Å². The third kappa shape index (κ3) is 3.37. The zero-order chi connectivity index (χ0) is 21.6. The first-order valence-electron chi connectivity index (χ1n) is 9.06. The number of fused-ring (bicyclic) bond motifs is 1. The van der Waals surface area contributed by atoms with Gasteiger partial charge in [0.05, 0.1) is 21.8 Å². The van der Waals surface area contributed by atoms with Crippen LogP contribution in [-0.4, -0.2) is 55.3 Å². The quantitative estimate of drug-likeness (QED) is 0.444. The second-order valence-electron chi connectivity index (χ2n) is 7.19. The number of rotatable bonds is 4. The zero-order valence-electron chi connectivity index (χ0n) is 16.0. The van der Waals surface area contributed by atoms with Gasteiger partial charge in [-0.2, -0.15) is 0 Å². The van der Waals surface area contributed by atoms with Crippen molar-refractivity contribution in [3.63, 3.8) is 0 Å². The standard InChI is InChI=1S/C19H20Cl2N4O5/c1-19(28,9-3-4-11(20)12(21)7-9)15-13(26)14(27)18(30-15)25-6-5-10-16(24-29-2)22-8-23-17(10)25/h3-8,13-15,18,26-28H,1-2H3,(H,22,23,24)/t13-,14+,15-,18+,19+/m0/s1. The maximum Gasteiger partial charge on any atom is 0.203 e. The maximum atomic E-state index is 11.2. The van der Waals surface area contributed by atoms with Crippen molar-refractivity contribution in [3.05, 3.63) is 57.9 Å². The predicted octanol–water partition coefficient (Wildman–Crippen LogP) is 1.66. The first kappa shape index (κ1) is 21.1. The molecule has 1 aliphatic rings. The highest BCUT2D eigenvalue weighted by molar-refractivity contribution is 6.42. The zero-order valence-corrected chi connectivity index (χ0v) is 17.5. The van der Waals surface area contributed by atoms with Crippen LogP contribution in [0.2, 0.25) is 10.0 Å². The number of ether oxygens (including phenoxy) is 1. The third-order valence-electron chi connectivity index (χ3n) is 5.29. The third-order valence-corrected chi connectivity index (χ3v) is 6.03. The fourth-order valence-electron chi connectivity index (χ4n) is 3.70. The number of hydrogen-bond donors (Lipinski definition) is 4. The summed E-state index contributed by atoms with van der Waals surface area (Å²) in [5, 5.41) is 37.7. The number of nitrogens with zero attached hydrogens (tertiary/aromatic N) is 3. The molecule has 3 aromatic rings. The lowest BCUT2D eigenvalue weighted by Crippen LogP contribution is -2.45. The highest BCUT2D eigenvalue weighted by Crippen LogP contribution is 2.41. The van der Waals surface area contributed by atoms with Crippen LogP contribution in [-0.2, 0) is 15.2 Å². The minimum atomic E-state index is -1.66. The summed E-state index contributed by atoms with van der Waals surface area (Å²) in [6, 6.07) is 6.37. The lowest BCUT2D eigenvalue weighted by Gasteiger charge is -2.32. The molecular formula is C19H20Cl2N4O5. The average molecular weight is 455 g/mol. The van der Waals surface area contributed by atoms with Crippen molar-refractivity contribution >= 4 is 34.2 Å². The molecule has 0 aliphatic carbocycles. The van der Waals surface area contributed by atoms with Crippen molar-refractivity contribution < 1.29 is 24.9 Å². The van der Waals surface area contributed by atoms with Gasteiger partial charge >= 0.3 is 0 Å². The smallest absolute Gasteiger partial charge is 0.203 e. The van der Waals surface area contributed by atoms with Crippen LogP contribution in [0.5, 0.6) is 0 Å². The van der Waals surface area contributed by atoms with Gasteiger partial charge in [-0.1, -0.05) is 34.4 Å². The van der Waals surface area contributed by atoms with Crippen molar-refractivity contribution in [1.29, 1.82) is 0 Å². The normalized spacial score (nSPS) is 26.8. The lowest BCUT2D eigenvalue weighted by molar-refractivity contribution is -0.135. The fourth-order valence-corrected chi connectivity index (χ4v) is 4.00. The van der Waals surface area contributed by atoms with E-state index < -0.39 is 30.1 Å². The molecule has 0 radical (unpaired) electrons. The van der Waals surface area contributed by atoms with Gasteiger partial charge in [-0.05, 0) is 30.7 Å². The van der Waals surface area contributed by atoms with E-state index in [1.54, 1.807) is 29.0 Å². The Kier molecular flexibility index (Phi) is 5.52. The molecule has 3 heterocycles. The summed E-state index contributed by atoms with van der Waals surface area (Å²) < 4.78 is 7.56. The Hall–Kier alpha value is -2.14. The summed E-state index contributed by atoms with van der Waals surface area (Å²) in [5.41, 5.74) is -0.374. The van der Waals surface area contributed by atoms with Crippen molar-refractivity contribution in [2.24, 2.45) is 5.16 Å². The second kappa shape index (κ2) is 7.84. The Morgan fingerprint density at radius 1 is 1.23 bits per heavy atom. The van der Waals surface area contributed by atoms with E-state index in [9.17, 15) is 15.3 Å². The molecule has 4 rings (SSSR count). The molecule has 0 saturated carbocycles. The van der Waals surface area contributed by atoms with E-state index >= 15 is 0 Å². The van der Waals surface area contributed by atoms with Gasteiger partial charge in [-0.15, -0.1) is 0 Å². The molecule has 1 aliphatic heterocycles. The molecule has 160 valence electrons. The average Bonchev–Trinajstić information content (AvgIpc) is 3.27. The number of H-pyrrole nitrogens is 1. The highest BCUT2D eigenvalue weighted by atomic mass is 35.5. The van der Waals surface area contributed by atoms with Crippen molar-refractivity contribution in [1.82, 2.24) is 14.5 Å². The first-order chi connectivity index (χ1) is 14.3. The maximum absolute atomic E-state index is 11.2. The summed E-state index contributed by atoms with van der Waals surface area (Å²) in [5.74, 6) is 0. The van der Waals surface area contributed by atoms with Gasteiger partial charge in [0.15, 0.2) is 6.23 Å². The van der Waals surface area contributed by atoms with Gasteiger partial charge in [-0.3, -0.25) is 0 Å². The largest absolute Gasteiger partial charge is 0.397 e. The van der Waals surface area contributed by atoms with Crippen LogP contribution in [0, 0.1) is 0 Å². The highest BCUT2D eigenvalue weighted by Gasteiger charge is 2.52. The van der Waals surface area contributed by atoms with Crippen LogP contribution in [0.3, 0.4) is 0 Å². The molecule has 11 heteroatoms. The van der Waals surface area contributed by atoms with Gasteiger partial charge in [0.2, 0.25) is 5.49 Å². The molecule has 5 atom stereocenters. The molecule has 4 N–H and O–H groups in total. The Morgan fingerprint density at radius 3 is 2.70 bits per heavy atom. The van der Waals surface area contributed by atoms with Gasteiger partial charge in [0.1, 0.15) is 36.7 Å². The van der Waals surface area contributed by atoms with Gasteiger partial charge in [0, 0.05) is 6.20 Å². The number of aliphatic hydroxyl groups excluding tert-OH is 2. The predicted molar refractivity (Wildman–Crippen MR) is 109 cm³/mol. The number of hydrogen-bond acceptors (Lipinski definition) is 7. The van der Waals surface area contributed by atoms with E-state index in [0.717, 1.165) is 0 Å². The molecule has 2 aromatic heterocycles. The lowest BCUT2D eigenvalue weighted by atomic mass is 9.87. The molecule has 1 saturated heterocycles. The fraction of sp³-hybridized carbons (Fsp3) is 0.368. The molecule has 1 fully saturated rings. The summed E-state index contributed by atoms with van der Waals surface area (Å²) >= 11 is 12.0. The van der Waals surface area contributed by atoms with Gasteiger partial charge in [0.25, 0.3) is 0 Å².